The standard InChI is InChI=1S/C15H19N3O3/c1-4-11-8-12(18(2)17-11)9-21-14-7-10(15(19)20-3)5-6-13(14)16/h5-8H,4,9,16H2,1-3H3. The average molecular weight is 289 g/mol. The van der Waals surface area contributed by atoms with Gasteiger partial charge in [-0.2, -0.15) is 5.10 Å². The molecule has 6 heteroatoms. The van der Waals surface area contributed by atoms with Crippen LogP contribution < -0.4 is 10.5 Å². The molecule has 21 heavy (non-hydrogen) atoms. The molecule has 112 valence electrons. The van der Waals surface area contributed by atoms with Gasteiger partial charge in [-0.3, -0.25) is 4.68 Å². The van der Waals surface area contributed by atoms with E-state index in [0.717, 1.165) is 17.8 Å². The van der Waals surface area contributed by atoms with Crippen molar-refractivity contribution in [1.29, 1.82) is 0 Å². The van der Waals surface area contributed by atoms with Crippen molar-refractivity contribution < 1.29 is 14.3 Å². The van der Waals surface area contributed by atoms with Crippen LogP contribution in [0.3, 0.4) is 0 Å². The molecule has 1 aromatic carbocycles. The molecule has 0 saturated heterocycles. The fraction of sp³-hybridized carbons (Fsp3) is 0.333. The molecule has 2 aromatic rings. The Hall–Kier alpha value is -2.50. The summed E-state index contributed by atoms with van der Waals surface area (Å²) in [5.41, 5.74) is 8.69. The third kappa shape index (κ3) is 3.34. The molecule has 6 nitrogen and oxygen atoms in total. The zero-order valence-corrected chi connectivity index (χ0v) is 12.4. The minimum Gasteiger partial charge on any atom is -0.485 e. The van der Waals surface area contributed by atoms with E-state index >= 15 is 0 Å². The second-order valence-electron chi connectivity index (χ2n) is 4.64. The lowest BCUT2D eigenvalue weighted by atomic mass is 10.2. The molecule has 0 unspecified atom stereocenters. The Morgan fingerprint density at radius 1 is 1.38 bits per heavy atom. The molecule has 0 atom stereocenters. The highest BCUT2D eigenvalue weighted by atomic mass is 16.5. The van der Waals surface area contributed by atoms with Crippen LogP contribution in [0.4, 0.5) is 5.69 Å². The van der Waals surface area contributed by atoms with Crippen LogP contribution in [0.5, 0.6) is 5.75 Å². The van der Waals surface area contributed by atoms with E-state index in [0.29, 0.717) is 23.6 Å². The predicted octanol–water partition coefficient (Wildman–Crippen LogP) is 1.93. The van der Waals surface area contributed by atoms with Crippen molar-refractivity contribution in [2.75, 3.05) is 12.8 Å². The molecule has 0 aliphatic rings. The number of esters is 1. The number of nitrogens with zero attached hydrogens (tertiary/aromatic N) is 2. The third-order valence-electron chi connectivity index (χ3n) is 3.20. The summed E-state index contributed by atoms with van der Waals surface area (Å²) < 4.78 is 12.2. The van der Waals surface area contributed by atoms with Gasteiger partial charge >= 0.3 is 5.97 Å². The van der Waals surface area contributed by atoms with Crippen molar-refractivity contribution in [2.45, 2.75) is 20.0 Å². The summed E-state index contributed by atoms with van der Waals surface area (Å²) >= 11 is 0. The molecule has 0 saturated carbocycles. The molecule has 0 radical (unpaired) electrons. The molecule has 0 bridgehead atoms. The summed E-state index contributed by atoms with van der Waals surface area (Å²) in [5, 5.41) is 4.35. The largest absolute Gasteiger partial charge is 0.485 e. The van der Waals surface area contributed by atoms with Crippen LogP contribution in [0, 0.1) is 0 Å². The van der Waals surface area contributed by atoms with Gasteiger partial charge in [0.1, 0.15) is 12.4 Å². The minimum atomic E-state index is -0.423. The van der Waals surface area contributed by atoms with E-state index in [9.17, 15) is 4.79 Å². The summed E-state index contributed by atoms with van der Waals surface area (Å²) in [6.45, 7) is 2.38. The van der Waals surface area contributed by atoms with Crippen LogP contribution >= 0.6 is 0 Å². The molecule has 0 fully saturated rings. The number of aromatic nitrogens is 2. The number of rotatable bonds is 5. The Balaban J connectivity index is 2.15. The first-order chi connectivity index (χ1) is 10.0. The van der Waals surface area contributed by atoms with Gasteiger partial charge in [-0.05, 0) is 30.7 Å². The number of hydrogen-bond acceptors (Lipinski definition) is 5. The van der Waals surface area contributed by atoms with Crippen LogP contribution in [0.2, 0.25) is 0 Å². The van der Waals surface area contributed by atoms with E-state index in [1.54, 1.807) is 22.9 Å². The Morgan fingerprint density at radius 3 is 2.76 bits per heavy atom. The first-order valence-electron chi connectivity index (χ1n) is 6.67. The van der Waals surface area contributed by atoms with E-state index in [-0.39, 0.29) is 0 Å². The SMILES string of the molecule is CCc1cc(COc2cc(C(=O)OC)ccc2N)n(C)n1. The van der Waals surface area contributed by atoms with Crippen molar-refractivity contribution in [1.82, 2.24) is 9.78 Å². The zero-order chi connectivity index (χ0) is 15.4. The minimum absolute atomic E-state index is 0.332. The number of nitrogens with two attached hydrogens (primary N) is 1. The Bertz CT molecular complexity index is 650. The smallest absolute Gasteiger partial charge is 0.337 e. The quantitative estimate of drug-likeness (QED) is 0.672. The molecule has 0 aliphatic heterocycles. The maximum absolute atomic E-state index is 11.5. The van der Waals surface area contributed by atoms with E-state index in [4.69, 9.17) is 10.5 Å². The second-order valence-corrected chi connectivity index (χ2v) is 4.64. The highest BCUT2D eigenvalue weighted by Crippen LogP contribution is 2.24. The van der Waals surface area contributed by atoms with Gasteiger partial charge in [0, 0.05) is 7.05 Å². The number of aryl methyl sites for hydroxylation is 2. The number of anilines is 1. The summed E-state index contributed by atoms with van der Waals surface area (Å²) in [4.78, 5) is 11.5. The molecule has 1 heterocycles. The number of hydrogen-bond donors (Lipinski definition) is 1. The fourth-order valence-electron chi connectivity index (χ4n) is 1.94. The summed E-state index contributed by atoms with van der Waals surface area (Å²) in [7, 11) is 3.20. The monoisotopic (exact) mass is 289 g/mol. The van der Waals surface area contributed by atoms with Crippen LogP contribution in [-0.4, -0.2) is 22.9 Å². The van der Waals surface area contributed by atoms with E-state index in [1.165, 1.54) is 7.11 Å². The van der Waals surface area contributed by atoms with Crippen LogP contribution in [0.25, 0.3) is 0 Å². The molecular weight excluding hydrogens is 270 g/mol. The van der Waals surface area contributed by atoms with E-state index in [1.807, 2.05) is 20.0 Å². The number of carbonyl (C=O) groups excluding carboxylic acids is 1. The molecule has 0 amide bonds. The van der Waals surface area contributed by atoms with Crippen LogP contribution in [-0.2, 0) is 24.8 Å². The topological polar surface area (TPSA) is 79.4 Å². The summed E-state index contributed by atoms with van der Waals surface area (Å²) in [5.74, 6) is 0.0331. The van der Waals surface area contributed by atoms with Crippen molar-refractivity contribution >= 4 is 11.7 Å². The van der Waals surface area contributed by atoms with Crippen molar-refractivity contribution in [3.63, 3.8) is 0 Å². The zero-order valence-electron chi connectivity index (χ0n) is 12.4. The van der Waals surface area contributed by atoms with E-state index < -0.39 is 5.97 Å². The lowest BCUT2D eigenvalue weighted by Gasteiger charge is -2.10. The van der Waals surface area contributed by atoms with Crippen molar-refractivity contribution in [3.8, 4) is 5.75 Å². The average Bonchev–Trinajstić information content (AvgIpc) is 2.86. The van der Waals surface area contributed by atoms with Gasteiger partial charge in [-0.25, -0.2) is 4.79 Å². The first-order valence-corrected chi connectivity index (χ1v) is 6.67. The predicted molar refractivity (Wildman–Crippen MR) is 79.1 cm³/mol. The van der Waals surface area contributed by atoms with Crippen LogP contribution in [0.1, 0.15) is 28.7 Å². The maximum atomic E-state index is 11.5. The lowest BCUT2D eigenvalue weighted by molar-refractivity contribution is 0.0600. The molecule has 2 rings (SSSR count). The van der Waals surface area contributed by atoms with E-state index in [2.05, 4.69) is 9.84 Å². The second kappa shape index (κ2) is 6.30. The van der Waals surface area contributed by atoms with Gasteiger partial charge in [0.25, 0.3) is 0 Å². The molecule has 1 aromatic heterocycles. The van der Waals surface area contributed by atoms with Crippen molar-refractivity contribution in [2.24, 2.45) is 7.05 Å². The molecule has 0 spiro atoms. The van der Waals surface area contributed by atoms with Crippen LogP contribution in [0.15, 0.2) is 24.3 Å². The van der Waals surface area contributed by atoms with Gasteiger partial charge in [-0.1, -0.05) is 6.92 Å². The Kier molecular flexibility index (Phi) is 4.47. The fourth-order valence-corrected chi connectivity index (χ4v) is 1.94. The van der Waals surface area contributed by atoms with Gasteiger partial charge in [0.05, 0.1) is 29.7 Å². The third-order valence-corrected chi connectivity index (χ3v) is 3.20. The number of ether oxygens (including phenoxy) is 2. The number of methoxy groups -OCH3 is 1. The van der Waals surface area contributed by atoms with Gasteiger partial charge in [0.15, 0.2) is 0 Å². The van der Waals surface area contributed by atoms with Gasteiger partial charge in [-0.15, -0.1) is 0 Å². The van der Waals surface area contributed by atoms with Gasteiger partial charge in [0.2, 0.25) is 0 Å². The molecule has 2 N–H and O–H groups in total. The lowest BCUT2D eigenvalue weighted by Crippen LogP contribution is -2.06. The normalized spacial score (nSPS) is 10.4. The maximum Gasteiger partial charge on any atom is 0.337 e. The summed E-state index contributed by atoms with van der Waals surface area (Å²) in [6, 6.07) is 6.80. The molecule has 0 aliphatic carbocycles. The number of benzene rings is 1. The summed E-state index contributed by atoms with van der Waals surface area (Å²) in [6.07, 6.45) is 0.869. The molecular formula is C15H19N3O3. The highest BCUT2D eigenvalue weighted by molar-refractivity contribution is 5.90. The Labute approximate surface area is 123 Å². The number of nitrogen functional groups attached to an aromatic ring is 1. The van der Waals surface area contributed by atoms with Crippen molar-refractivity contribution in [3.05, 3.63) is 41.2 Å². The first kappa shape index (κ1) is 14.9. The Morgan fingerprint density at radius 2 is 2.14 bits per heavy atom. The highest BCUT2D eigenvalue weighted by Gasteiger charge is 2.11. The van der Waals surface area contributed by atoms with Gasteiger partial charge < -0.3 is 15.2 Å². The number of carbonyl (C=O) groups is 1.